The molecule has 2 amide bonds. The summed E-state index contributed by atoms with van der Waals surface area (Å²) in [5.74, 6) is -1.40. The van der Waals surface area contributed by atoms with Crippen LogP contribution in [0.4, 0.5) is 18.9 Å². The van der Waals surface area contributed by atoms with E-state index in [9.17, 15) is 31.2 Å². The van der Waals surface area contributed by atoms with Gasteiger partial charge < -0.3 is 10.2 Å². The smallest absolute Gasteiger partial charge is 0.355 e. The molecular formula is C22H23Cl3F3N3O4S. The molecule has 0 saturated carbocycles. The Hall–Kier alpha value is -2.21. The van der Waals surface area contributed by atoms with E-state index in [0.29, 0.717) is 27.0 Å². The lowest BCUT2D eigenvalue weighted by Gasteiger charge is -2.32. The fraction of sp³-hybridized carbons (Fsp3) is 0.364. The molecule has 0 spiro atoms. The number of nitrogens with one attached hydrogen (secondary N) is 1. The third kappa shape index (κ3) is 7.64. The molecule has 2 aromatic rings. The zero-order valence-corrected chi connectivity index (χ0v) is 22.5. The number of likely N-dealkylation sites (N-methyl/N-ethyl adjacent to an activating group) is 1. The summed E-state index contributed by atoms with van der Waals surface area (Å²) >= 11 is 18.2. The first-order valence-corrected chi connectivity index (χ1v) is 13.4. The zero-order valence-electron chi connectivity index (χ0n) is 19.4. The van der Waals surface area contributed by atoms with Gasteiger partial charge in [0, 0.05) is 23.1 Å². The first-order chi connectivity index (χ1) is 16.6. The van der Waals surface area contributed by atoms with Crippen LogP contribution in [0.1, 0.15) is 25.0 Å². The fourth-order valence-corrected chi connectivity index (χ4v) is 4.80. The van der Waals surface area contributed by atoms with Crippen molar-refractivity contribution in [2.24, 2.45) is 0 Å². The van der Waals surface area contributed by atoms with Crippen molar-refractivity contribution in [1.82, 2.24) is 10.2 Å². The minimum Gasteiger partial charge on any atom is -0.355 e. The van der Waals surface area contributed by atoms with Crippen molar-refractivity contribution in [3.05, 3.63) is 62.6 Å². The van der Waals surface area contributed by atoms with Gasteiger partial charge in [-0.05, 0) is 49.7 Å². The van der Waals surface area contributed by atoms with E-state index in [-0.39, 0.29) is 23.1 Å². The normalized spacial score (nSPS) is 12.7. The second kappa shape index (κ2) is 11.9. The van der Waals surface area contributed by atoms with Crippen LogP contribution in [0.3, 0.4) is 0 Å². The Bertz CT molecular complexity index is 1240. The van der Waals surface area contributed by atoms with E-state index in [1.54, 1.807) is 6.92 Å². The predicted molar refractivity (Wildman–Crippen MR) is 134 cm³/mol. The Morgan fingerprint density at radius 2 is 1.69 bits per heavy atom. The summed E-state index contributed by atoms with van der Waals surface area (Å²) in [7, 11) is -4.28. The van der Waals surface area contributed by atoms with Crippen molar-refractivity contribution in [2.45, 2.75) is 32.6 Å². The van der Waals surface area contributed by atoms with Crippen LogP contribution < -0.4 is 9.62 Å². The maximum Gasteiger partial charge on any atom is 0.416 e. The second-order valence-corrected chi connectivity index (χ2v) is 10.9. The van der Waals surface area contributed by atoms with Gasteiger partial charge in [0.15, 0.2) is 0 Å². The van der Waals surface area contributed by atoms with Gasteiger partial charge in [-0.15, -0.1) is 0 Å². The molecule has 2 aromatic carbocycles. The molecule has 0 heterocycles. The van der Waals surface area contributed by atoms with Gasteiger partial charge in [0.2, 0.25) is 21.8 Å². The summed E-state index contributed by atoms with van der Waals surface area (Å²) in [6.45, 7) is 2.24. The Labute approximate surface area is 222 Å². The Balaban J connectivity index is 2.52. The van der Waals surface area contributed by atoms with E-state index in [1.807, 2.05) is 0 Å². The van der Waals surface area contributed by atoms with Crippen molar-refractivity contribution < 1.29 is 31.2 Å². The first kappa shape index (κ1) is 30.0. The van der Waals surface area contributed by atoms with Crippen molar-refractivity contribution >= 4 is 62.3 Å². The number of anilines is 1. The molecule has 36 heavy (non-hydrogen) atoms. The maximum absolute atomic E-state index is 13.4. The maximum atomic E-state index is 13.4. The Morgan fingerprint density at radius 3 is 2.22 bits per heavy atom. The van der Waals surface area contributed by atoms with Crippen LogP contribution in [-0.4, -0.2) is 50.5 Å². The Morgan fingerprint density at radius 1 is 1.06 bits per heavy atom. The SMILES string of the molecule is CCNC(=O)[C@@H](C)N(Cc1ccc(Cl)cc1Cl)C(=O)CN(c1cc(C(F)(F)F)ccc1Cl)S(C)(=O)=O. The average molecular weight is 589 g/mol. The number of hydrogen-bond donors (Lipinski definition) is 1. The summed E-state index contributed by atoms with van der Waals surface area (Å²) in [5, 5.41) is 2.79. The lowest BCUT2D eigenvalue weighted by atomic mass is 10.1. The largest absolute Gasteiger partial charge is 0.416 e. The number of amides is 2. The topological polar surface area (TPSA) is 86.8 Å². The van der Waals surface area contributed by atoms with Crippen molar-refractivity contribution in [3.63, 3.8) is 0 Å². The van der Waals surface area contributed by atoms with Crippen LogP contribution >= 0.6 is 34.8 Å². The molecule has 0 fully saturated rings. The molecule has 1 N–H and O–H groups in total. The van der Waals surface area contributed by atoms with Crippen LogP contribution in [0.25, 0.3) is 0 Å². The summed E-state index contributed by atoms with van der Waals surface area (Å²) in [6.07, 6.45) is -4.05. The number of rotatable bonds is 9. The molecule has 0 aliphatic carbocycles. The van der Waals surface area contributed by atoms with Gasteiger partial charge in [-0.25, -0.2) is 8.42 Å². The molecule has 0 bridgehead atoms. The lowest BCUT2D eigenvalue weighted by Crippen LogP contribution is -2.51. The molecule has 0 radical (unpaired) electrons. The zero-order chi connectivity index (χ0) is 27.4. The third-order valence-electron chi connectivity index (χ3n) is 5.10. The molecule has 0 unspecified atom stereocenters. The summed E-state index contributed by atoms with van der Waals surface area (Å²) in [4.78, 5) is 27.0. The number of sulfonamides is 1. The lowest BCUT2D eigenvalue weighted by molar-refractivity contribution is -0.139. The Kier molecular flexibility index (Phi) is 9.91. The van der Waals surface area contributed by atoms with E-state index in [1.165, 1.54) is 25.1 Å². The minimum absolute atomic E-state index is 0.198. The van der Waals surface area contributed by atoms with Gasteiger partial charge in [0.1, 0.15) is 12.6 Å². The number of benzene rings is 2. The van der Waals surface area contributed by atoms with E-state index in [2.05, 4.69) is 5.32 Å². The van der Waals surface area contributed by atoms with Gasteiger partial charge in [0.25, 0.3) is 0 Å². The van der Waals surface area contributed by atoms with Gasteiger partial charge in [-0.2, -0.15) is 13.2 Å². The molecule has 7 nitrogen and oxygen atoms in total. The highest BCUT2D eigenvalue weighted by Crippen LogP contribution is 2.36. The van der Waals surface area contributed by atoms with Crippen molar-refractivity contribution in [1.29, 1.82) is 0 Å². The highest BCUT2D eigenvalue weighted by atomic mass is 35.5. The second-order valence-electron chi connectivity index (χ2n) is 7.76. The molecule has 2 rings (SSSR count). The predicted octanol–water partition coefficient (Wildman–Crippen LogP) is 4.99. The van der Waals surface area contributed by atoms with Gasteiger partial charge in [0.05, 0.1) is 22.5 Å². The van der Waals surface area contributed by atoms with Gasteiger partial charge in [-0.3, -0.25) is 13.9 Å². The number of halogens is 6. The third-order valence-corrected chi connectivity index (χ3v) is 7.13. The number of nitrogens with zero attached hydrogens (tertiary/aromatic N) is 2. The molecule has 0 aromatic heterocycles. The van der Waals surface area contributed by atoms with Crippen molar-refractivity contribution in [3.8, 4) is 0 Å². The minimum atomic E-state index is -4.78. The number of carbonyl (C=O) groups excluding carboxylic acids is 2. The van der Waals surface area contributed by atoms with Gasteiger partial charge >= 0.3 is 6.18 Å². The quantitative estimate of drug-likeness (QED) is 0.448. The van der Waals surface area contributed by atoms with Crippen LogP contribution in [0.5, 0.6) is 0 Å². The molecule has 0 aliphatic rings. The van der Waals surface area contributed by atoms with E-state index < -0.39 is 51.9 Å². The number of hydrogen-bond acceptors (Lipinski definition) is 4. The summed E-state index contributed by atoms with van der Waals surface area (Å²) in [6, 6.07) is 5.54. The van der Waals surface area contributed by atoms with E-state index >= 15 is 0 Å². The van der Waals surface area contributed by atoms with Crippen LogP contribution in [0.2, 0.25) is 15.1 Å². The number of alkyl halides is 3. The number of carbonyl (C=O) groups is 2. The molecular weight excluding hydrogens is 566 g/mol. The molecule has 0 aliphatic heterocycles. The van der Waals surface area contributed by atoms with Gasteiger partial charge in [-0.1, -0.05) is 40.9 Å². The van der Waals surface area contributed by atoms with Crippen molar-refractivity contribution in [2.75, 3.05) is 23.7 Å². The standard InChI is InChI=1S/C22H23Cl3F3N3O4S/c1-4-29-21(33)13(2)30(11-14-5-7-16(23)10-18(14)25)20(32)12-31(36(3,34)35)19-9-15(22(26,27)28)6-8-17(19)24/h5-10,13H,4,11-12H2,1-3H3,(H,29,33)/t13-/m1/s1. The van der Waals surface area contributed by atoms with Crippen LogP contribution in [0, 0.1) is 0 Å². The summed E-state index contributed by atoms with van der Waals surface area (Å²) < 4.78 is 65.4. The first-order valence-electron chi connectivity index (χ1n) is 10.4. The molecule has 198 valence electrons. The molecule has 0 saturated heterocycles. The highest BCUT2D eigenvalue weighted by molar-refractivity contribution is 7.92. The average Bonchev–Trinajstić information content (AvgIpc) is 2.75. The van der Waals surface area contributed by atoms with Crippen LogP contribution in [0.15, 0.2) is 36.4 Å². The monoisotopic (exact) mass is 587 g/mol. The fourth-order valence-electron chi connectivity index (χ4n) is 3.21. The summed E-state index contributed by atoms with van der Waals surface area (Å²) in [5.41, 5.74) is -1.27. The molecule has 1 atom stereocenters. The van der Waals surface area contributed by atoms with E-state index in [4.69, 9.17) is 34.8 Å². The highest BCUT2D eigenvalue weighted by Gasteiger charge is 2.34. The van der Waals surface area contributed by atoms with E-state index in [0.717, 1.165) is 17.2 Å². The van der Waals surface area contributed by atoms with Crippen LogP contribution in [-0.2, 0) is 32.3 Å². The molecule has 14 heteroatoms.